The topological polar surface area (TPSA) is 81.4 Å². The number of amides is 1. The second kappa shape index (κ2) is 6.24. The van der Waals surface area contributed by atoms with Gasteiger partial charge in [0.2, 0.25) is 0 Å². The Morgan fingerprint density at radius 1 is 1.30 bits per heavy atom. The van der Waals surface area contributed by atoms with Gasteiger partial charge >= 0.3 is 5.97 Å². The first kappa shape index (κ1) is 15.3. The van der Waals surface area contributed by atoms with Crippen LogP contribution in [0.15, 0.2) is 28.9 Å². The van der Waals surface area contributed by atoms with Gasteiger partial charge in [-0.3, -0.25) is 9.78 Å². The fraction of sp³-hybridized carbons (Fsp3) is 0.353. The van der Waals surface area contributed by atoms with Crippen molar-refractivity contribution in [3.05, 3.63) is 52.7 Å². The molecular weight excluding hydrogens is 296 g/mol. The van der Waals surface area contributed by atoms with E-state index in [4.69, 9.17) is 9.15 Å². The highest BCUT2D eigenvalue weighted by molar-refractivity contribution is 5.95. The van der Waals surface area contributed by atoms with Gasteiger partial charge in [-0.25, -0.2) is 4.79 Å². The van der Waals surface area contributed by atoms with Crippen LogP contribution in [-0.4, -0.2) is 24.0 Å². The molecule has 0 aromatic carbocycles. The van der Waals surface area contributed by atoms with E-state index in [1.807, 2.05) is 0 Å². The number of hydrogen-bond acceptors (Lipinski definition) is 5. The lowest BCUT2D eigenvalue weighted by molar-refractivity contribution is 0.0598. The van der Waals surface area contributed by atoms with E-state index >= 15 is 0 Å². The molecule has 0 bridgehead atoms. The third-order valence-electron chi connectivity index (χ3n) is 3.89. The lowest BCUT2D eigenvalue weighted by atomic mass is 10.1. The smallest absolute Gasteiger partial charge is 0.339 e. The summed E-state index contributed by atoms with van der Waals surface area (Å²) in [5.41, 5.74) is 2.51. The minimum absolute atomic E-state index is 0.205. The van der Waals surface area contributed by atoms with Crippen LogP contribution in [0.4, 0.5) is 0 Å². The van der Waals surface area contributed by atoms with Gasteiger partial charge in [0.25, 0.3) is 5.91 Å². The number of rotatable bonds is 5. The van der Waals surface area contributed by atoms with Crippen LogP contribution in [-0.2, 0) is 11.3 Å². The van der Waals surface area contributed by atoms with Crippen molar-refractivity contribution in [2.45, 2.75) is 32.2 Å². The predicted molar refractivity (Wildman–Crippen MR) is 82.2 cm³/mol. The molecule has 1 aliphatic rings. The average molecular weight is 314 g/mol. The van der Waals surface area contributed by atoms with Crippen LogP contribution in [0.1, 0.15) is 56.6 Å². The second-order valence-electron chi connectivity index (χ2n) is 5.57. The second-order valence-corrected chi connectivity index (χ2v) is 5.57. The fourth-order valence-corrected chi connectivity index (χ4v) is 2.45. The Bertz CT molecular complexity index is 747. The van der Waals surface area contributed by atoms with Crippen molar-refractivity contribution in [2.24, 2.45) is 0 Å². The summed E-state index contributed by atoms with van der Waals surface area (Å²) in [5, 5.41) is 2.81. The Hall–Kier alpha value is -2.63. The zero-order chi connectivity index (χ0) is 16.4. The number of pyridine rings is 1. The van der Waals surface area contributed by atoms with Crippen molar-refractivity contribution < 1.29 is 18.7 Å². The Morgan fingerprint density at radius 2 is 2.09 bits per heavy atom. The normalized spacial score (nSPS) is 13.7. The maximum absolute atomic E-state index is 12.1. The van der Waals surface area contributed by atoms with Gasteiger partial charge in [-0.05, 0) is 38.0 Å². The molecule has 2 aromatic heterocycles. The molecular formula is C17H18N2O4. The van der Waals surface area contributed by atoms with Gasteiger partial charge in [-0.15, -0.1) is 0 Å². The number of aryl methyl sites for hydroxylation is 1. The number of aromatic nitrogens is 1. The molecule has 120 valence electrons. The number of furan rings is 1. The highest BCUT2D eigenvalue weighted by Gasteiger charge is 2.30. The van der Waals surface area contributed by atoms with Crippen LogP contribution in [0.3, 0.4) is 0 Å². The van der Waals surface area contributed by atoms with E-state index in [1.165, 1.54) is 13.4 Å². The Labute approximate surface area is 133 Å². The third kappa shape index (κ3) is 3.26. The summed E-state index contributed by atoms with van der Waals surface area (Å²) in [6.07, 6.45) is 3.54. The van der Waals surface area contributed by atoms with Gasteiger partial charge < -0.3 is 14.5 Å². The number of carbonyl (C=O) groups excluding carboxylic acids is 2. The Kier molecular flexibility index (Phi) is 4.14. The van der Waals surface area contributed by atoms with Crippen molar-refractivity contribution in [1.82, 2.24) is 10.3 Å². The van der Waals surface area contributed by atoms with Gasteiger partial charge in [0, 0.05) is 5.92 Å². The van der Waals surface area contributed by atoms with Gasteiger partial charge in [0.15, 0.2) is 0 Å². The predicted octanol–water partition coefficient (Wildman–Crippen LogP) is 2.58. The van der Waals surface area contributed by atoms with Crippen molar-refractivity contribution in [2.75, 3.05) is 7.11 Å². The number of methoxy groups -OCH3 is 1. The summed E-state index contributed by atoms with van der Waals surface area (Å²) in [4.78, 5) is 28.4. The first-order valence-corrected chi connectivity index (χ1v) is 7.50. The molecule has 3 rings (SSSR count). The molecule has 1 saturated carbocycles. The maximum Gasteiger partial charge on any atom is 0.339 e. The number of carbonyl (C=O) groups is 2. The molecule has 6 heteroatoms. The summed E-state index contributed by atoms with van der Waals surface area (Å²) in [5.74, 6) is 0.318. The molecule has 6 nitrogen and oxygen atoms in total. The Balaban J connectivity index is 1.73. The summed E-state index contributed by atoms with van der Waals surface area (Å²) in [7, 11) is 1.36. The van der Waals surface area contributed by atoms with E-state index in [2.05, 4.69) is 10.3 Å². The molecule has 1 N–H and O–H groups in total. The third-order valence-corrected chi connectivity index (χ3v) is 3.89. The minimum Gasteiger partial charge on any atom is -0.469 e. The van der Waals surface area contributed by atoms with E-state index < -0.39 is 0 Å². The van der Waals surface area contributed by atoms with E-state index in [-0.39, 0.29) is 11.9 Å². The molecule has 2 aromatic rings. The number of hydrogen-bond donors (Lipinski definition) is 1. The highest BCUT2D eigenvalue weighted by atomic mass is 16.5. The van der Waals surface area contributed by atoms with Crippen LogP contribution in [0.2, 0.25) is 0 Å². The molecule has 2 heterocycles. The van der Waals surface area contributed by atoms with E-state index in [1.54, 1.807) is 25.1 Å². The molecule has 0 atom stereocenters. The summed E-state index contributed by atoms with van der Waals surface area (Å²) >= 11 is 0. The van der Waals surface area contributed by atoms with Gasteiger partial charge in [-0.1, -0.05) is 0 Å². The molecule has 1 aliphatic carbocycles. The maximum atomic E-state index is 12.1. The van der Waals surface area contributed by atoms with Crippen LogP contribution in [0, 0.1) is 6.92 Å². The van der Waals surface area contributed by atoms with E-state index in [0.29, 0.717) is 35.0 Å². The van der Waals surface area contributed by atoms with Crippen LogP contribution in [0.5, 0.6) is 0 Å². The van der Waals surface area contributed by atoms with Crippen LogP contribution < -0.4 is 5.32 Å². The monoisotopic (exact) mass is 314 g/mol. The van der Waals surface area contributed by atoms with Crippen molar-refractivity contribution >= 4 is 11.9 Å². The van der Waals surface area contributed by atoms with E-state index in [9.17, 15) is 9.59 Å². The van der Waals surface area contributed by atoms with Crippen LogP contribution >= 0.6 is 0 Å². The lowest BCUT2D eigenvalue weighted by Gasteiger charge is -2.09. The summed E-state index contributed by atoms with van der Waals surface area (Å²) in [6.45, 7) is 2.04. The highest BCUT2D eigenvalue weighted by Crippen LogP contribution is 2.40. The molecule has 1 fully saturated rings. The van der Waals surface area contributed by atoms with Gasteiger partial charge in [0.1, 0.15) is 5.76 Å². The van der Waals surface area contributed by atoms with Gasteiger partial charge in [0.05, 0.1) is 42.4 Å². The quantitative estimate of drug-likeness (QED) is 0.858. The van der Waals surface area contributed by atoms with Crippen molar-refractivity contribution in [3.63, 3.8) is 0 Å². The standard InChI is InChI=1S/C17H18N2O4/c1-10-13(7-8-23-10)16(20)18-9-12-5-6-14(17(21)22-2)15(19-12)11-3-4-11/h5-8,11H,3-4,9H2,1-2H3,(H,18,20). The molecule has 0 spiro atoms. The first-order chi connectivity index (χ1) is 11.1. The molecule has 0 unspecified atom stereocenters. The number of ether oxygens (including phenoxy) is 1. The largest absolute Gasteiger partial charge is 0.469 e. The fourth-order valence-electron chi connectivity index (χ4n) is 2.45. The molecule has 0 radical (unpaired) electrons. The summed E-state index contributed by atoms with van der Waals surface area (Å²) in [6, 6.07) is 5.09. The van der Waals surface area contributed by atoms with Crippen molar-refractivity contribution in [1.29, 1.82) is 0 Å². The van der Waals surface area contributed by atoms with E-state index in [0.717, 1.165) is 18.5 Å². The molecule has 1 amide bonds. The van der Waals surface area contributed by atoms with Crippen LogP contribution in [0.25, 0.3) is 0 Å². The SMILES string of the molecule is COC(=O)c1ccc(CNC(=O)c2ccoc2C)nc1C1CC1. The number of esters is 1. The number of nitrogens with one attached hydrogen (secondary N) is 1. The Morgan fingerprint density at radius 3 is 2.70 bits per heavy atom. The average Bonchev–Trinajstić information content (AvgIpc) is 3.33. The summed E-state index contributed by atoms with van der Waals surface area (Å²) < 4.78 is 9.92. The molecule has 0 saturated heterocycles. The number of nitrogens with zero attached hydrogens (tertiary/aromatic N) is 1. The van der Waals surface area contributed by atoms with Crippen molar-refractivity contribution in [3.8, 4) is 0 Å². The zero-order valence-electron chi connectivity index (χ0n) is 13.1. The molecule has 0 aliphatic heterocycles. The zero-order valence-corrected chi connectivity index (χ0v) is 13.1. The lowest BCUT2D eigenvalue weighted by Crippen LogP contribution is -2.24. The molecule has 23 heavy (non-hydrogen) atoms. The van der Waals surface area contributed by atoms with Gasteiger partial charge in [-0.2, -0.15) is 0 Å². The first-order valence-electron chi connectivity index (χ1n) is 7.50. The minimum atomic E-state index is -0.371.